The molecule has 1 heteroatoms. The van der Waals surface area contributed by atoms with E-state index in [4.69, 9.17) is 4.74 Å². The van der Waals surface area contributed by atoms with Crippen molar-refractivity contribution in [1.82, 2.24) is 0 Å². The predicted octanol–water partition coefficient (Wildman–Crippen LogP) is 7.28. The molecule has 0 aromatic heterocycles. The maximum atomic E-state index is 5.42. The number of aryl methyl sites for hydroxylation is 2. The predicted molar refractivity (Wildman–Crippen MR) is 125 cm³/mol. The molecular weight excluding hydrogens is 364 g/mol. The van der Waals surface area contributed by atoms with Gasteiger partial charge in [0.15, 0.2) is 0 Å². The summed E-state index contributed by atoms with van der Waals surface area (Å²) in [5.41, 5.74) is 7.88. The molecule has 0 heterocycles. The molecule has 0 amide bonds. The fourth-order valence-corrected chi connectivity index (χ4v) is 4.48. The second-order valence-electron chi connectivity index (χ2n) is 7.97. The molecule has 4 rings (SSSR count). The number of ether oxygens (including phenoxy) is 1. The van der Waals surface area contributed by atoms with Crippen LogP contribution in [0.1, 0.15) is 45.2 Å². The van der Waals surface area contributed by atoms with Gasteiger partial charge in [-0.25, -0.2) is 0 Å². The lowest BCUT2D eigenvalue weighted by molar-refractivity contribution is 0.414. The zero-order valence-corrected chi connectivity index (χ0v) is 17.9. The van der Waals surface area contributed by atoms with Crippen molar-refractivity contribution < 1.29 is 4.74 Å². The number of rotatable bonds is 6. The summed E-state index contributed by atoms with van der Waals surface area (Å²) in [5.74, 6) is 1.29. The van der Waals surface area contributed by atoms with Crippen molar-refractivity contribution in [1.29, 1.82) is 0 Å². The molecule has 0 aliphatic carbocycles. The molecule has 0 aliphatic rings. The van der Waals surface area contributed by atoms with E-state index in [0.717, 1.165) is 5.75 Å². The van der Waals surface area contributed by atoms with Gasteiger partial charge >= 0.3 is 0 Å². The summed E-state index contributed by atoms with van der Waals surface area (Å²) in [4.78, 5) is 0. The largest absolute Gasteiger partial charge is 0.497 e. The van der Waals surface area contributed by atoms with Crippen molar-refractivity contribution >= 4 is 0 Å². The van der Waals surface area contributed by atoms with Crippen LogP contribution in [0.15, 0.2) is 103 Å². The molecule has 0 saturated heterocycles. The molecule has 0 saturated carbocycles. The minimum absolute atomic E-state index is 0.195. The summed E-state index contributed by atoms with van der Waals surface area (Å²) in [6.45, 7) is 4.37. The highest BCUT2D eigenvalue weighted by molar-refractivity contribution is 5.47. The fraction of sp³-hybridized carbons (Fsp3) is 0.172. The van der Waals surface area contributed by atoms with Crippen molar-refractivity contribution in [2.24, 2.45) is 0 Å². The number of hydrogen-bond acceptors (Lipinski definition) is 1. The normalized spacial score (nSPS) is 12.9. The second-order valence-corrected chi connectivity index (χ2v) is 7.97. The fourth-order valence-electron chi connectivity index (χ4n) is 4.48. The van der Waals surface area contributed by atoms with Crippen molar-refractivity contribution in [3.8, 4) is 5.75 Å². The lowest BCUT2D eigenvalue weighted by atomic mass is 9.73. The highest BCUT2D eigenvalue weighted by atomic mass is 16.5. The molecule has 1 nitrogen and oxygen atoms in total. The van der Waals surface area contributed by atoms with E-state index in [1.807, 2.05) is 0 Å². The van der Waals surface area contributed by atoms with Gasteiger partial charge in [0.25, 0.3) is 0 Å². The number of benzene rings is 4. The van der Waals surface area contributed by atoms with E-state index in [9.17, 15) is 0 Å². The topological polar surface area (TPSA) is 9.23 Å². The molecule has 2 atom stereocenters. The van der Waals surface area contributed by atoms with Crippen LogP contribution in [0, 0.1) is 13.8 Å². The molecule has 4 aromatic rings. The first-order chi connectivity index (χ1) is 14.7. The number of hydrogen-bond donors (Lipinski definition) is 0. The van der Waals surface area contributed by atoms with Crippen LogP contribution in [0.5, 0.6) is 5.75 Å². The van der Waals surface area contributed by atoms with Crippen LogP contribution >= 0.6 is 0 Å². The summed E-state index contributed by atoms with van der Waals surface area (Å²) in [6, 6.07) is 37.2. The zero-order chi connectivity index (χ0) is 20.9. The molecule has 0 unspecified atom stereocenters. The molecule has 0 radical (unpaired) electrons. The van der Waals surface area contributed by atoms with Gasteiger partial charge in [0.1, 0.15) is 5.75 Å². The third-order valence-corrected chi connectivity index (χ3v) is 5.73. The van der Waals surface area contributed by atoms with Gasteiger partial charge in [-0.05, 0) is 48.2 Å². The maximum absolute atomic E-state index is 5.42. The first-order valence-electron chi connectivity index (χ1n) is 10.5. The Morgan fingerprint density at radius 2 is 0.933 bits per heavy atom. The van der Waals surface area contributed by atoms with Crippen LogP contribution in [0.3, 0.4) is 0 Å². The highest BCUT2D eigenvalue weighted by Crippen LogP contribution is 2.43. The standard InChI is InChI=1S/C29H28O/c1-21-18-22(2)20-26(19-21)29(24-12-8-5-9-13-24)28(23-10-6-4-7-11-23)25-14-16-27(30-3)17-15-25/h4-20,28-29H,1-3H3/t28-,29+/m0/s1. The van der Waals surface area contributed by atoms with Crippen LogP contribution in [0.4, 0.5) is 0 Å². The Labute approximate surface area is 180 Å². The average Bonchev–Trinajstić information content (AvgIpc) is 2.78. The van der Waals surface area contributed by atoms with Gasteiger partial charge in [-0.15, -0.1) is 0 Å². The maximum Gasteiger partial charge on any atom is 0.118 e. The first kappa shape index (κ1) is 20.0. The molecular formula is C29H28O. The summed E-state index contributed by atoms with van der Waals surface area (Å²) in [7, 11) is 1.71. The molecule has 30 heavy (non-hydrogen) atoms. The van der Waals surface area contributed by atoms with Crippen molar-refractivity contribution in [2.75, 3.05) is 7.11 Å². The van der Waals surface area contributed by atoms with Gasteiger partial charge in [-0.2, -0.15) is 0 Å². The molecule has 0 aliphatic heterocycles. The van der Waals surface area contributed by atoms with Gasteiger partial charge in [0, 0.05) is 11.8 Å². The summed E-state index contributed by atoms with van der Waals surface area (Å²) >= 11 is 0. The Balaban J connectivity index is 1.95. The van der Waals surface area contributed by atoms with Crippen LogP contribution < -0.4 is 4.74 Å². The van der Waals surface area contributed by atoms with E-state index in [0.29, 0.717) is 0 Å². The molecule has 150 valence electrons. The van der Waals surface area contributed by atoms with Crippen LogP contribution in [0.2, 0.25) is 0 Å². The van der Waals surface area contributed by atoms with E-state index in [1.54, 1.807) is 7.11 Å². The first-order valence-corrected chi connectivity index (χ1v) is 10.5. The van der Waals surface area contributed by atoms with E-state index in [1.165, 1.54) is 33.4 Å². The quantitative estimate of drug-likeness (QED) is 0.335. The number of methoxy groups -OCH3 is 1. The van der Waals surface area contributed by atoms with Gasteiger partial charge in [0.2, 0.25) is 0 Å². The SMILES string of the molecule is COc1ccc([C@H](c2ccccc2)[C@H](c2ccccc2)c2cc(C)cc(C)c2)cc1. The molecule has 0 N–H and O–H groups in total. The Morgan fingerprint density at radius 3 is 1.40 bits per heavy atom. The zero-order valence-electron chi connectivity index (χ0n) is 17.9. The van der Waals surface area contributed by atoms with E-state index < -0.39 is 0 Å². The minimum Gasteiger partial charge on any atom is -0.497 e. The molecule has 0 bridgehead atoms. The Hall–Kier alpha value is -3.32. The van der Waals surface area contributed by atoms with Crippen LogP contribution in [0.25, 0.3) is 0 Å². The summed E-state index contributed by atoms with van der Waals surface area (Å²) in [6.07, 6.45) is 0. The van der Waals surface area contributed by atoms with E-state index >= 15 is 0 Å². The third kappa shape index (κ3) is 4.31. The Bertz CT molecular complexity index is 1060. The van der Waals surface area contributed by atoms with Gasteiger partial charge in [-0.3, -0.25) is 0 Å². The highest BCUT2D eigenvalue weighted by Gasteiger charge is 2.28. The van der Waals surface area contributed by atoms with Gasteiger partial charge < -0.3 is 4.74 Å². The lowest BCUT2D eigenvalue weighted by Gasteiger charge is -2.30. The van der Waals surface area contributed by atoms with Crippen molar-refractivity contribution in [3.05, 3.63) is 137 Å². The van der Waals surface area contributed by atoms with Crippen molar-refractivity contribution in [3.63, 3.8) is 0 Å². The van der Waals surface area contributed by atoms with Gasteiger partial charge in [0.05, 0.1) is 7.11 Å². The second kappa shape index (κ2) is 9.00. The smallest absolute Gasteiger partial charge is 0.118 e. The molecule has 0 fully saturated rings. The van der Waals surface area contributed by atoms with Crippen molar-refractivity contribution in [2.45, 2.75) is 25.7 Å². The summed E-state index contributed by atoms with van der Waals surface area (Å²) in [5, 5.41) is 0. The lowest BCUT2D eigenvalue weighted by Crippen LogP contribution is -2.15. The monoisotopic (exact) mass is 392 g/mol. The average molecular weight is 393 g/mol. The van der Waals surface area contributed by atoms with Crippen LogP contribution in [-0.4, -0.2) is 7.11 Å². The Kier molecular flexibility index (Phi) is 5.99. The van der Waals surface area contributed by atoms with Gasteiger partial charge in [-0.1, -0.05) is 102 Å². The van der Waals surface area contributed by atoms with E-state index in [2.05, 4.69) is 117 Å². The van der Waals surface area contributed by atoms with Crippen LogP contribution in [-0.2, 0) is 0 Å². The molecule has 0 spiro atoms. The Morgan fingerprint density at radius 1 is 0.500 bits per heavy atom. The summed E-state index contributed by atoms with van der Waals surface area (Å²) < 4.78 is 5.42. The third-order valence-electron chi connectivity index (χ3n) is 5.73. The molecule has 4 aromatic carbocycles. The minimum atomic E-state index is 0.195. The van der Waals surface area contributed by atoms with E-state index in [-0.39, 0.29) is 11.8 Å².